The Balaban J connectivity index is 1.78. The Kier molecular flexibility index (Phi) is 4.02. The molecule has 1 aliphatic heterocycles. The molecule has 1 amide bonds. The zero-order chi connectivity index (χ0) is 15.5. The van der Waals surface area contributed by atoms with Gasteiger partial charge in [0.2, 0.25) is 0 Å². The third kappa shape index (κ3) is 2.92. The van der Waals surface area contributed by atoms with Gasteiger partial charge in [-0.15, -0.1) is 0 Å². The molecule has 1 aromatic heterocycles. The molecule has 22 heavy (non-hydrogen) atoms. The van der Waals surface area contributed by atoms with E-state index in [9.17, 15) is 9.59 Å². The first-order valence-electron chi connectivity index (χ1n) is 7.27. The lowest BCUT2D eigenvalue weighted by atomic mass is 10.1. The highest BCUT2D eigenvalue weighted by Gasteiger charge is 2.15. The summed E-state index contributed by atoms with van der Waals surface area (Å²) in [5, 5.41) is 10.2. The van der Waals surface area contributed by atoms with E-state index in [2.05, 4.69) is 33.5 Å². The topological polar surface area (TPSA) is 78.1 Å². The van der Waals surface area contributed by atoms with E-state index in [4.69, 9.17) is 0 Å². The van der Waals surface area contributed by atoms with Gasteiger partial charge in [0, 0.05) is 25.0 Å². The molecule has 114 valence electrons. The first kappa shape index (κ1) is 14.5. The van der Waals surface area contributed by atoms with Crippen molar-refractivity contribution in [2.24, 2.45) is 0 Å². The fourth-order valence-electron chi connectivity index (χ4n) is 2.54. The summed E-state index contributed by atoms with van der Waals surface area (Å²) in [6.45, 7) is 2.42. The van der Waals surface area contributed by atoms with Crippen LogP contribution in [0.5, 0.6) is 0 Å². The van der Waals surface area contributed by atoms with Crippen molar-refractivity contribution in [1.29, 1.82) is 0 Å². The summed E-state index contributed by atoms with van der Waals surface area (Å²) in [6, 6.07) is 6.98. The van der Waals surface area contributed by atoms with Crippen molar-refractivity contribution in [3.8, 4) is 0 Å². The minimum Gasteiger partial charge on any atom is -0.347 e. The molecule has 1 aliphatic rings. The van der Waals surface area contributed by atoms with Crippen LogP contribution in [0.3, 0.4) is 0 Å². The molecule has 0 atom stereocenters. The number of hydrogen-bond acceptors (Lipinski definition) is 4. The lowest BCUT2D eigenvalue weighted by Gasteiger charge is -2.22. The molecule has 2 N–H and O–H groups in total. The van der Waals surface area contributed by atoms with Gasteiger partial charge in [0.1, 0.15) is 0 Å². The van der Waals surface area contributed by atoms with Crippen LogP contribution in [0.1, 0.15) is 16.9 Å². The predicted octanol–water partition coefficient (Wildman–Crippen LogP) is 0.915. The number of likely N-dealkylation sites (N-methyl/N-ethyl adjacent to an activating group) is 1. The van der Waals surface area contributed by atoms with E-state index in [0.717, 1.165) is 19.5 Å². The maximum Gasteiger partial charge on any atom is 0.272 e. The van der Waals surface area contributed by atoms with Gasteiger partial charge < -0.3 is 10.2 Å². The van der Waals surface area contributed by atoms with Crippen molar-refractivity contribution in [3.63, 3.8) is 0 Å². The van der Waals surface area contributed by atoms with Gasteiger partial charge in [-0.1, -0.05) is 29.8 Å². The Bertz CT molecular complexity index is 794. The summed E-state index contributed by atoms with van der Waals surface area (Å²) in [5.74, 6) is -0.271. The SMILES string of the molecule is CN1CC=C(CNC(=O)c2n[nH]c(=O)c3ccccc23)CC1. The summed E-state index contributed by atoms with van der Waals surface area (Å²) >= 11 is 0. The van der Waals surface area contributed by atoms with Crippen LogP contribution >= 0.6 is 0 Å². The molecular weight excluding hydrogens is 280 g/mol. The largest absolute Gasteiger partial charge is 0.347 e. The van der Waals surface area contributed by atoms with Gasteiger partial charge in [-0.25, -0.2) is 5.10 Å². The molecular formula is C16H18N4O2. The summed E-state index contributed by atoms with van der Waals surface area (Å²) < 4.78 is 0. The van der Waals surface area contributed by atoms with Crippen molar-refractivity contribution in [2.45, 2.75) is 6.42 Å². The van der Waals surface area contributed by atoms with Crippen LogP contribution in [-0.4, -0.2) is 47.7 Å². The number of carbonyl (C=O) groups excluding carboxylic acids is 1. The molecule has 0 saturated carbocycles. The predicted molar refractivity (Wildman–Crippen MR) is 84.9 cm³/mol. The van der Waals surface area contributed by atoms with E-state index in [1.54, 1.807) is 24.3 Å². The summed E-state index contributed by atoms with van der Waals surface area (Å²) in [7, 11) is 2.07. The number of fused-ring (bicyclic) bond motifs is 1. The van der Waals surface area contributed by atoms with E-state index in [0.29, 0.717) is 17.3 Å². The maximum atomic E-state index is 12.3. The molecule has 0 saturated heterocycles. The smallest absolute Gasteiger partial charge is 0.272 e. The number of aromatic nitrogens is 2. The molecule has 0 unspecified atom stereocenters. The fourth-order valence-corrected chi connectivity index (χ4v) is 2.54. The second kappa shape index (κ2) is 6.11. The Morgan fingerprint density at radius 3 is 2.86 bits per heavy atom. The second-order valence-corrected chi connectivity index (χ2v) is 5.50. The van der Waals surface area contributed by atoms with E-state index in [-0.39, 0.29) is 17.2 Å². The zero-order valence-electron chi connectivity index (χ0n) is 12.4. The van der Waals surface area contributed by atoms with Crippen LogP contribution in [0, 0.1) is 0 Å². The Morgan fingerprint density at radius 1 is 1.36 bits per heavy atom. The van der Waals surface area contributed by atoms with Gasteiger partial charge in [-0.3, -0.25) is 9.59 Å². The second-order valence-electron chi connectivity index (χ2n) is 5.50. The number of aromatic amines is 1. The van der Waals surface area contributed by atoms with Gasteiger partial charge in [0.25, 0.3) is 11.5 Å². The highest BCUT2D eigenvalue weighted by molar-refractivity contribution is 6.04. The first-order chi connectivity index (χ1) is 10.6. The molecule has 0 spiro atoms. The van der Waals surface area contributed by atoms with Crippen molar-refractivity contribution < 1.29 is 4.79 Å². The van der Waals surface area contributed by atoms with Gasteiger partial charge in [-0.2, -0.15) is 5.10 Å². The number of benzene rings is 1. The van der Waals surface area contributed by atoms with Crippen molar-refractivity contribution in [3.05, 3.63) is 52.0 Å². The maximum absolute atomic E-state index is 12.3. The lowest BCUT2D eigenvalue weighted by molar-refractivity contribution is 0.0952. The number of carbonyl (C=O) groups is 1. The molecule has 0 radical (unpaired) electrons. The molecule has 2 heterocycles. The summed E-state index contributed by atoms with van der Waals surface area (Å²) in [6.07, 6.45) is 3.10. The number of H-pyrrole nitrogens is 1. The number of nitrogens with one attached hydrogen (secondary N) is 2. The number of amides is 1. The molecule has 0 fully saturated rings. The van der Waals surface area contributed by atoms with E-state index in [1.807, 2.05) is 0 Å². The van der Waals surface area contributed by atoms with Gasteiger partial charge in [-0.05, 0) is 19.5 Å². The van der Waals surface area contributed by atoms with Gasteiger partial charge in [0.15, 0.2) is 5.69 Å². The molecule has 1 aromatic carbocycles. The van der Waals surface area contributed by atoms with Crippen LogP contribution in [-0.2, 0) is 0 Å². The van der Waals surface area contributed by atoms with E-state index >= 15 is 0 Å². The van der Waals surface area contributed by atoms with Crippen molar-refractivity contribution in [2.75, 3.05) is 26.7 Å². The van der Waals surface area contributed by atoms with Gasteiger partial charge >= 0.3 is 0 Å². The highest BCUT2D eigenvalue weighted by Crippen LogP contribution is 2.13. The van der Waals surface area contributed by atoms with Crippen LogP contribution < -0.4 is 10.9 Å². The van der Waals surface area contributed by atoms with Crippen LogP contribution in [0.4, 0.5) is 0 Å². The molecule has 6 nitrogen and oxygen atoms in total. The van der Waals surface area contributed by atoms with Gasteiger partial charge in [0.05, 0.1) is 5.39 Å². The summed E-state index contributed by atoms with van der Waals surface area (Å²) in [5.41, 5.74) is 1.19. The molecule has 6 heteroatoms. The Morgan fingerprint density at radius 2 is 2.14 bits per heavy atom. The lowest BCUT2D eigenvalue weighted by Crippen LogP contribution is -2.31. The Labute approximate surface area is 127 Å². The highest BCUT2D eigenvalue weighted by atomic mass is 16.2. The third-order valence-electron chi connectivity index (χ3n) is 3.89. The number of rotatable bonds is 3. The van der Waals surface area contributed by atoms with E-state index < -0.39 is 0 Å². The van der Waals surface area contributed by atoms with Crippen LogP contribution in [0.2, 0.25) is 0 Å². The van der Waals surface area contributed by atoms with Crippen LogP contribution in [0.25, 0.3) is 10.8 Å². The monoisotopic (exact) mass is 298 g/mol. The average Bonchev–Trinajstić information content (AvgIpc) is 2.55. The molecule has 0 bridgehead atoms. The molecule has 0 aliphatic carbocycles. The van der Waals surface area contributed by atoms with Crippen molar-refractivity contribution in [1.82, 2.24) is 20.4 Å². The first-order valence-corrected chi connectivity index (χ1v) is 7.27. The van der Waals surface area contributed by atoms with Crippen molar-refractivity contribution >= 4 is 16.7 Å². The standard InChI is InChI=1S/C16H18N4O2/c1-20-8-6-11(7-9-20)10-17-16(22)14-12-4-2-3-5-13(12)15(21)19-18-14/h2-6H,7-10H2,1H3,(H,17,22)(H,19,21). The quantitative estimate of drug-likeness (QED) is 0.826. The summed E-state index contributed by atoms with van der Waals surface area (Å²) in [4.78, 5) is 26.3. The zero-order valence-corrected chi connectivity index (χ0v) is 12.4. The normalized spacial score (nSPS) is 15.6. The molecule has 2 aromatic rings. The van der Waals surface area contributed by atoms with Crippen LogP contribution in [0.15, 0.2) is 40.7 Å². The third-order valence-corrected chi connectivity index (χ3v) is 3.89. The average molecular weight is 298 g/mol. The number of nitrogens with zero attached hydrogens (tertiary/aromatic N) is 2. The number of hydrogen-bond donors (Lipinski definition) is 2. The minimum atomic E-state index is -0.287. The Hall–Kier alpha value is -2.47. The van der Waals surface area contributed by atoms with E-state index in [1.165, 1.54) is 5.57 Å². The fraction of sp³-hybridized carbons (Fsp3) is 0.312. The minimum absolute atomic E-state index is 0.253. The molecule has 3 rings (SSSR count).